The monoisotopic (exact) mass is 346 g/mol. The SMILES string of the molecule is Cl.N[C@@H](Cc1ccccc1)C(=O)NC1CCOC1c1ccccc1. The van der Waals surface area contributed by atoms with Gasteiger partial charge in [-0.15, -0.1) is 12.4 Å². The molecule has 0 bridgehead atoms. The predicted octanol–water partition coefficient (Wildman–Crippen LogP) is 2.62. The molecule has 1 saturated heterocycles. The van der Waals surface area contributed by atoms with E-state index in [1.807, 2.05) is 60.7 Å². The summed E-state index contributed by atoms with van der Waals surface area (Å²) in [6.45, 7) is 0.651. The van der Waals surface area contributed by atoms with Crippen LogP contribution in [0.4, 0.5) is 0 Å². The molecule has 3 N–H and O–H groups in total. The van der Waals surface area contributed by atoms with E-state index in [4.69, 9.17) is 10.5 Å². The van der Waals surface area contributed by atoms with Crippen LogP contribution in [0.15, 0.2) is 60.7 Å². The lowest BCUT2D eigenvalue weighted by molar-refractivity contribution is -0.123. The summed E-state index contributed by atoms with van der Waals surface area (Å²) in [5.41, 5.74) is 8.22. The van der Waals surface area contributed by atoms with Gasteiger partial charge in [-0.2, -0.15) is 0 Å². The normalized spacial score (nSPS) is 20.9. The van der Waals surface area contributed by atoms with E-state index >= 15 is 0 Å². The van der Waals surface area contributed by atoms with E-state index in [1.165, 1.54) is 0 Å². The highest BCUT2D eigenvalue weighted by Crippen LogP contribution is 2.28. The molecule has 5 heteroatoms. The summed E-state index contributed by atoms with van der Waals surface area (Å²) < 4.78 is 5.79. The lowest BCUT2D eigenvalue weighted by atomic mass is 10.0. The first kappa shape index (κ1) is 18.5. The number of ether oxygens (including phenoxy) is 1. The van der Waals surface area contributed by atoms with Crippen molar-refractivity contribution in [3.8, 4) is 0 Å². The van der Waals surface area contributed by atoms with Crippen LogP contribution in [0.1, 0.15) is 23.7 Å². The molecule has 128 valence electrons. The van der Waals surface area contributed by atoms with Gasteiger partial charge in [-0.05, 0) is 24.0 Å². The molecule has 1 heterocycles. The van der Waals surface area contributed by atoms with Gasteiger partial charge in [0.25, 0.3) is 0 Å². The van der Waals surface area contributed by atoms with Crippen LogP contribution in [0.2, 0.25) is 0 Å². The van der Waals surface area contributed by atoms with E-state index in [2.05, 4.69) is 5.32 Å². The molecule has 0 spiro atoms. The maximum Gasteiger partial charge on any atom is 0.237 e. The molecular formula is C19H23ClN2O2. The van der Waals surface area contributed by atoms with Crippen molar-refractivity contribution in [2.75, 3.05) is 6.61 Å². The molecular weight excluding hydrogens is 324 g/mol. The lowest BCUT2D eigenvalue weighted by Gasteiger charge is -2.22. The fourth-order valence-corrected chi connectivity index (χ4v) is 2.96. The van der Waals surface area contributed by atoms with Gasteiger partial charge >= 0.3 is 0 Å². The summed E-state index contributed by atoms with van der Waals surface area (Å²) >= 11 is 0. The maximum atomic E-state index is 12.4. The quantitative estimate of drug-likeness (QED) is 0.874. The van der Waals surface area contributed by atoms with Crippen molar-refractivity contribution in [3.05, 3.63) is 71.8 Å². The van der Waals surface area contributed by atoms with Crippen LogP contribution in [0.25, 0.3) is 0 Å². The zero-order chi connectivity index (χ0) is 16.1. The van der Waals surface area contributed by atoms with Crippen LogP contribution in [0.5, 0.6) is 0 Å². The molecule has 2 aromatic rings. The van der Waals surface area contributed by atoms with Gasteiger partial charge in [-0.3, -0.25) is 4.79 Å². The first-order valence-electron chi connectivity index (χ1n) is 8.00. The molecule has 2 aromatic carbocycles. The summed E-state index contributed by atoms with van der Waals surface area (Å²) in [6, 6.07) is 19.3. The van der Waals surface area contributed by atoms with Gasteiger partial charge in [-0.1, -0.05) is 60.7 Å². The van der Waals surface area contributed by atoms with Crippen molar-refractivity contribution in [2.45, 2.75) is 31.0 Å². The molecule has 0 aliphatic carbocycles. The number of nitrogens with one attached hydrogen (secondary N) is 1. The zero-order valence-corrected chi connectivity index (χ0v) is 14.2. The number of carbonyl (C=O) groups is 1. The maximum absolute atomic E-state index is 12.4. The smallest absolute Gasteiger partial charge is 0.237 e. The third-order valence-electron chi connectivity index (χ3n) is 4.18. The fraction of sp³-hybridized carbons (Fsp3) is 0.316. The standard InChI is InChI=1S/C19H22N2O2.ClH/c20-16(13-14-7-3-1-4-8-14)19(22)21-17-11-12-23-18(17)15-9-5-2-6-10-15;/h1-10,16-18H,11-13,20H2,(H,21,22);1H/t16-,17?,18?;/m0./s1. The summed E-state index contributed by atoms with van der Waals surface area (Å²) in [5, 5.41) is 3.06. The molecule has 2 unspecified atom stereocenters. The van der Waals surface area contributed by atoms with Crippen LogP contribution in [-0.4, -0.2) is 24.6 Å². The molecule has 4 nitrogen and oxygen atoms in total. The minimum Gasteiger partial charge on any atom is -0.371 e. The Kier molecular flexibility index (Phi) is 6.79. The minimum absolute atomic E-state index is 0. The summed E-state index contributed by atoms with van der Waals surface area (Å²) in [4.78, 5) is 12.4. The summed E-state index contributed by atoms with van der Waals surface area (Å²) in [6.07, 6.45) is 1.25. The largest absolute Gasteiger partial charge is 0.371 e. The molecule has 0 saturated carbocycles. The first-order chi connectivity index (χ1) is 11.2. The van der Waals surface area contributed by atoms with Crippen LogP contribution in [-0.2, 0) is 16.0 Å². The van der Waals surface area contributed by atoms with Crippen LogP contribution < -0.4 is 11.1 Å². The van der Waals surface area contributed by atoms with Gasteiger partial charge in [-0.25, -0.2) is 0 Å². The average Bonchev–Trinajstić information content (AvgIpc) is 3.04. The molecule has 1 amide bonds. The number of carbonyl (C=O) groups excluding carboxylic acids is 1. The lowest BCUT2D eigenvalue weighted by Crippen LogP contribution is -2.47. The molecule has 1 fully saturated rings. The predicted molar refractivity (Wildman–Crippen MR) is 97.1 cm³/mol. The van der Waals surface area contributed by atoms with Crippen LogP contribution in [0.3, 0.4) is 0 Å². The van der Waals surface area contributed by atoms with Crippen LogP contribution in [0, 0.1) is 0 Å². The van der Waals surface area contributed by atoms with Crippen molar-refractivity contribution in [2.24, 2.45) is 5.73 Å². The van der Waals surface area contributed by atoms with E-state index in [-0.39, 0.29) is 30.5 Å². The Morgan fingerprint density at radius 2 is 1.75 bits per heavy atom. The fourth-order valence-electron chi connectivity index (χ4n) is 2.96. The van der Waals surface area contributed by atoms with E-state index in [0.717, 1.165) is 17.5 Å². The molecule has 3 atom stereocenters. The molecule has 1 aliphatic heterocycles. The van der Waals surface area contributed by atoms with Gasteiger partial charge in [0.1, 0.15) is 6.10 Å². The van der Waals surface area contributed by atoms with Gasteiger partial charge in [0, 0.05) is 6.61 Å². The van der Waals surface area contributed by atoms with Crippen molar-refractivity contribution in [1.82, 2.24) is 5.32 Å². The van der Waals surface area contributed by atoms with Crippen molar-refractivity contribution < 1.29 is 9.53 Å². The van der Waals surface area contributed by atoms with E-state index in [1.54, 1.807) is 0 Å². The Balaban J connectivity index is 0.00000208. The second kappa shape index (κ2) is 8.83. The number of amides is 1. The number of rotatable bonds is 5. The van der Waals surface area contributed by atoms with Gasteiger partial charge in [0.15, 0.2) is 0 Å². The number of hydrogen-bond acceptors (Lipinski definition) is 3. The Morgan fingerprint density at radius 3 is 2.42 bits per heavy atom. The van der Waals surface area contributed by atoms with Crippen molar-refractivity contribution >= 4 is 18.3 Å². The first-order valence-corrected chi connectivity index (χ1v) is 8.00. The Labute approximate surface area is 148 Å². The van der Waals surface area contributed by atoms with E-state index < -0.39 is 6.04 Å². The van der Waals surface area contributed by atoms with Gasteiger partial charge in [0.2, 0.25) is 5.91 Å². The highest BCUT2D eigenvalue weighted by molar-refractivity contribution is 5.85. The van der Waals surface area contributed by atoms with E-state index in [0.29, 0.717) is 13.0 Å². The number of nitrogens with two attached hydrogens (primary N) is 1. The summed E-state index contributed by atoms with van der Waals surface area (Å²) in [5.74, 6) is -0.120. The minimum atomic E-state index is -0.547. The third kappa shape index (κ3) is 4.57. The van der Waals surface area contributed by atoms with Gasteiger partial charge in [0.05, 0.1) is 12.1 Å². The molecule has 1 aliphatic rings. The molecule has 3 rings (SSSR count). The highest BCUT2D eigenvalue weighted by Gasteiger charge is 2.31. The number of benzene rings is 2. The third-order valence-corrected chi connectivity index (χ3v) is 4.18. The Morgan fingerprint density at radius 1 is 1.12 bits per heavy atom. The molecule has 0 radical (unpaired) electrons. The number of halogens is 1. The number of hydrogen-bond donors (Lipinski definition) is 2. The van der Waals surface area contributed by atoms with Gasteiger partial charge < -0.3 is 15.8 Å². The molecule has 24 heavy (non-hydrogen) atoms. The highest BCUT2D eigenvalue weighted by atomic mass is 35.5. The second-order valence-electron chi connectivity index (χ2n) is 5.90. The zero-order valence-electron chi connectivity index (χ0n) is 13.4. The summed E-state index contributed by atoms with van der Waals surface area (Å²) in [7, 11) is 0. The topological polar surface area (TPSA) is 64.4 Å². The van der Waals surface area contributed by atoms with Crippen molar-refractivity contribution in [3.63, 3.8) is 0 Å². The van der Waals surface area contributed by atoms with Crippen molar-refractivity contribution in [1.29, 1.82) is 0 Å². The van der Waals surface area contributed by atoms with Crippen LogP contribution >= 0.6 is 12.4 Å². The second-order valence-corrected chi connectivity index (χ2v) is 5.90. The Hall–Kier alpha value is -1.88. The average molecular weight is 347 g/mol. The Bertz CT molecular complexity index is 636. The van der Waals surface area contributed by atoms with E-state index in [9.17, 15) is 4.79 Å². The molecule has 0 aromatic heterocycles.